The average molecular weight is 312 g/mol. The Balaban J connectivity index is 2.29. The van der Waals surface area contributed by atoms with Crippen molar-refractivity contribution in [3.63, 3.8) is 0 Å². The molecule has 0 atom stereocenters. The average Bonchev–Trinajstić information content (AvgIpc) is 2.62. The zero-order chi connectivity index (χ0) is 15.4. The third-order valence-corrected chi connectivity index (χ3v) is 4.46. The zero-order valence-corrected chi connectivity index (χ0v) is 11.2. The van der Waals surface area contributed by atoms with Crippen molar-refractivity contribution in [2.24, 2.45) is 0 Å². The van der Waals surface area contributed by atoms with Gasteiger partial charge in [0.1, 0.15) is 23.7 Å². The Hall–Kier alpha value is -2.55. The fraction of sp³-hybridized carbons (Fsp3) is 0.0833. The first-order valence-corrected chi connectivity index (χ1v) is 7.21. The van der Waals surface area contributed by atoms with Gasteiger partial charge in [0.25, 0.3) is 5.91 Å². The molecule has 3 rings (SSSR count). The number of phenolic OH excluding ortho intramolecular Hbond substituents is 2. The summed E-state index contributed by atoms with van der Waals surface area (Å²) >= 11 is 0. The molecule has 1 amide bonds. The number of fused-ring (bicyclic) bond motifs is 1. The summed E-state index contributed by atoms with van der Waals surface area (Å²) in [6, 6.07) is 4.82. The lowest BCUT2D eigenvalue weighted by molar-refractivity contribution is -0.117. The maximum absolute atomic E-state index is 14.5. The monoisotopic (exact) mass is 312 g/mol. The number of hydrogen-bond donors (Lipinski definition) is 3. The number of benzene rings is 2. The Morgan fingerprint density at radius 3 is 2.57 bits per heavy atom. The molecule has 0 saturated carbocycles. The molecule has 21 heavy (non-hydrogen) atoms. The molecule has 1 fully saturated rings. The number of nitrogens with zero attached hydrogens (tertiary/aromatic N) is 1. The normalized spacial score (nSPS) is 17.2. The minimum Gasteiger partial charge on any atom is -0.508 e. The minimum absolute atomic E-state index is 0.00940. The lowest BCUT2D eigenvalue weighted by atomic mass is 10.1. The van der Waals surface area contributed by atoms with Crippen LogP contribution in [-0.2, 0) is 15.0 Å². The van der Waals surface area contributed by atoms with Gasteiger partial charge in [-0.3, -0.25) is 4.79 Å². The highest BCUT2D eigenvalue weighted by Gasteiger charge is 2.37. The van der Waals surface area contributed by atoms with Gasteiger partial charge in [-0.1, -0.05) is 0 Å². The van der Waals surface area contributed by atoms with Crippen molar-refractivity contribution in [3.8, 4) is 11.5 Å². The molecular weight excluding hydrogens is 303 g/mol. The van der Waals surface area contributed by atoms with E-state index in [1.165, 1.54) is 18.2 Å². The number of phenols is 2. The van der Waals surface area contributed by atoms with Crippen LogP contribution in [0.4, 0.5) is 10.1 Å². The van der Waals surface area contributed by atoms with E-state index in [1.807, 2.05) is 0 Å². The molecule has 7 nitrogen and oxygen atoms in total. The van der Waals surface area contributed by atoms with Gasteiger partial charge in [0.2, 0.25) is 0 Å². The number of halogens is 1. The quantitative estimate of drug-likeness (QED) is 0.714. The van der Waals surface area contributed by atoms with Gasteiger partial charge in [-0.05, 0) is 29.7 Å². The molecule has 0 aliphatic carbocycles. The summed E-state index contributed by atoms with van der Waals surface area (Å²) in [5.41, 5.74) is -0.605. The summed E-state index contributed by atoms with van der Waals surface area (Å²) in [6.45, 7) is -0.615. The predicted molar refractivity (Wildman–Crippen MR) is 71.6 cm³/mol. The molecule has 1 saturated heterocycles. The van der Waals surface area contributed by atoms with E-state index >= 15 is 0 Å². The number of carbonyl (C=O) groups excluding carboxylic acids is 1. The van der Waals surface area contributed by atoms with Crippen LogP contribution in [0.15, 0.2) is 24.3 Å². The molecular formula is C12H9FN2O5S. The van der Waals surface area contributed by atoms with Crippen LogP contribution in [0, 0.1) is 5.82 Å². The topological polar surface area (TPSA) is 107 Å². The molecule has 0 aromatic heterocycles. The van der Waals surface area contributed by atoms with Crippen LogP contribution in [-0.4, -0.2) is 31.1 Å². The molecule has 0 spiro atoms. The van der Waals surface area contributed by atoms with Gasteiger partial charge in [-0.15, -0.1) is 0 Å². The van der Waals surface area contributed by atoms with Crippen LogP contribution in [0.25, 0.3) is 10.8 Å². The largest absolute Gasteiger partial charge is 0.508 e. The second-order valence-corrected chi connectivity index (χ2v) is 6.10. The van der Waals surface area contributed by atoms with Crippen LogP contribution < -0.4 is 9.03 Å². The van der Waals surface area contributed by atoms with E-state index in [0.29, 0.717) is 4.31 Å². The molecule has 2 aromatic carbocycles. The maximum atomic E-state index is 14.5. The zero-order valence-electron chi connectivity index (χ0n) is 10.4. The highest BCUT2D eigenvalue weighted by atomic mass is 32.2. The third-order valence-electron chi connectivity index (χ3n) is 3.08. The first kappa shape index (κ1) is 13.4. The standard InChI is InChI=1S/C12H9FN2O5S/c13-11-8-2-1-7(16)3-6(8)4-9(17)12(11)15-5-10(18)14-21(15,19)20/h1-4,16-17H,5H2,(H,14,18). The third kappa shape index (κ3) is 2.02. The van der Waals surface area contributed by atoms with Gasteiger partial charge < -0.3 is 10.2 Å². The Kier molecular flexibility index (Phi) is 2.70. The molecule has 0 unspecified atom stereocenters. The smallest absolute Gasteiger partial charge is 0.326 e. The highest BCUT2D eigenvalue weighted by Crippen LogP contribution is 2.38. The summed E-state index contributed by atoms with van der Waals surface area (Å²) in [7, 11) is -4.23. The molecule has 110 valence electrons. The predicted octanol–water partition coefficient (Wildman–Crippen LogP) is 0.571. The summed E-state index contributed by atoms with van der Waals surface area (Å²) in [5, 5.41) is 19.4. The number of amides is 1. The molecule has 1 heterocycles. The van der Waals surface area contributed by atoms with Crippen molar-refractivity contribution in [2.45, 2.75) is 0 Å². The molecule has 1 aliphatic heterocycles. The molecule has 0 radical (unpaired) electrons. The summed E-state index contributed by atoms with van der Waals surface area (Å²) in [6.07, 6.45) is 0. The lowest BCUT2D eigenvalue weighted by Crippen LogP contribution is -2.30. The van der Waals surface area contributed by atoms with Crippen molar-refractivity contribution in [2.75, 3.05) is 10.8 Å². The van der Waals surface area contributed by atoms with E-state index in [2.05, 4.69) is 0 Å². The Bertz CT molecular complexity index is 881. The van der Waals surface area contributed by atoms with Gasteiger partial charge in [0.05, 0.1) is 0 Å². The number of hydrogen-bond acceptors (Lipinski definition) is 5. The van der Waals surface area contributed by atoms with Crippen LogP contribution >= 0.6 is 0 Å². The van der Waals surface area contributed by atoms with Crippen LogP contribution in [0.1, 0.15) is 0 Å². The molecule has 1 aliphatic rings. The van der Waals surface area contributed by atoms with E-state index in [9.17, 15) is 27.8 Å². The molecule has 0 bridgehead atoms. The highest BCUT2D eigenvalue weighted by molar-refractivity contribution is 7.92. The second-order valence-electron chi connectivity index (χ2n) is 4.50. The Morgan fingerprint density at radius 1 is 1.24 bits per heavy atom. The first-order valence-electron chi connectivity index (χ1n) is 5.77. The van der Waals surface area contributed by atoms with Gasteiger partial charge in [-0.2, -0.15) is 8.42 Å². The van der Waals surface area contributed by atoms with E-state index in [4.69, 9.17) is 0 Å². The minimum atomic E-state index is -4.23. The fourth-order valence-electron chi connectivity index (χ4n) is 2.21. The van der Waals surface area contributed by atoms with E-state index in [0.717, 1.165) is 6.07 Å². The van der Waals surface area contributed by atoms with Crippen LogP contribution in [0.2, 0.25) is 0 Å². The van der Waals surface area contributed by atoms with E-state index < -0.39 is 39.9 Å². The Morgan fingerprint density at radius 2 is 1.95 bits per heavy atom. The number of anilines is 1. The number of aromatic hydroxyl groups is 2. The first-order chi connectivity index (χ1) is 9.79. The van der Waals surface area contributed by atoms with Gasteiger partial charge in [-0.25, -0.2) is 13.4 Å². The second kappa shape index (κ2) is 4.22. The fourth-order valence-corrected chi connectivity index (χ4v) is 3.37. The van der Waals surface area contributed by atoms with E-state index in [1.54, 1.807) is 4.72 Å². The Labute approximate surface area is 118 Å². The van der Waals surface area contributed by atoms with E-state index in [-0.39, 0.29) is 16.5 Å². The van der Waals surface area contributed by atoms with Crippen molar-refractivity contribution in [3.05, 3.63) is 30.1 Å². The SMILES string of the molecule is O=C1CN(c2c(O)cc3cc(O)ccc3c2F)S(=O)(=O)N1. The van der Waals surface area contributed by atoms with Gasteiger partial charge in [0, 0.05) is 5.39 Å². The maximum Gasteiger partial charge on any atom is 0.326 e. The van der Waals surface area contributed by atoms with Crippen LogP contribution in [0.5, 0.6) is 11.5 Å². The van der Waals surface area contributed by atoms with Crippen molar-refractivity contribution in [1.82, 2.24) is 4.72 Å². The summed E-state index contributed by atoms with van der Waals surface area (Å²) in [4.78, 5) is 11.2. The van der Waals surface area contributed by atoms with Crippen molar-refractivity contribution in [1.29, 1.82) is 0 Å². The van der Waals surface area contributed by atoms with Crippen molar-refractivity contribution >= 4 is 32.6 Å². The van der Waals surface area contributed by atoms with Gasteiger partial charge in [0.15, 0.2) is 5.82 Å². The number of carbonyl (C=O) groups is 1. The molecule has 3 N–H and O–H groups in total. The van der Waals surface area contributed by atoms with Crippen LogP contribution in [0.3, 0.4) is 0 Å². The summed E-state index contributed by atoms with van der Waals surface area (Å²) < 4.78 is 40.1. The van der Waals surface area contributed by atoms with Crippen molar-refractivity contribution < 1.29 is 27.8 Å². The summed E-state index contributed by atoms with van der Waals surface area (Å²) in [5.74, 6) is -2.59. The molecule has 9 heteroatoms. The number of rotatable bonds is 1. The molecule has 2 aromatic rings. The lowest BCUT2D eigenvalue weighted by Gasteiger charge is -2.18. The van der Waals surface area contributed by atoms with Gasteiger partial charge >= 0.3 is 10.2 Å². The number of nitrogens with one attached hydrogen (secondary N) is 1.